The smallest absolute Gasteiger partial charge is 0.266 e. The zero-order chi connectivity index (χ0) is 18.9. The summed E-state index contributed by atoms with van der Waals surface area (Å²) in [5.74, 6) is 0.269. The lowest BCUT2D eigenvalue weighted by molar-refractivity contribution is 0.172. The molecule has 0 aliphatic carbocycles. The predicted molar refractivity (Wildman–Crippen MR) is 105 cm³/mol. The minimum absolute atomic E-state index is 0.116. The molecule has 0 unspecified atom stereocenters. The van der Waals surface area contributed by atoms with Gasteiger partial charge in [0, 0.05) is 12.6 Å². The Morgan fingerprint density at radius 2 is 2.26 bits per heavy atom. The van der Waals surface area contributed by atoms with Gasteiger partial charge in [0.25, 0.3) is 10.0 Å². The molecule has 1 aromatic heterocycles. The van der Waals surface area contributed by atoms with Crippen molar-refractivity contribution in [3.05, 3.63) is 18.2 Å². The number of sulfonamides is 1. The molecule has 3 heterocycles. The highest BCUT2D eigenvalue weighted by molar-refractivity contribution is 7.90. The first-order chi connectivity index (χ1) is 13.1. The molecule has 0 saturated carbocycles. The van der Waals surface area contributed by atoms with Crippen LogP contribution in [0.15, 0.2) is 28.1 Å². The maximum Gasteiger partial charge on any atom is 0.266 e. The first-order valence-electron chi connectivity index (χ1n) is 9.05. The molecular weight excluding hydrogens is 386 g/mol. The second-order valence-corrected chi connectivity index (χ2v) is 8.93. The van der Waals surface area contributed by atoms with E-state index in [0.717, 1.165) is 31.4 Å². The van der Waals surface area contributed by atoms with Gasteiger partial charge in [0.05, 0.1) is 25.1 Å². The molecule has 0 amide bonds. The molecule has 146 valence electrons. The van der Waals surface area contributed by atoms with Gasteiger partial charge in [-0.1, -0.05) is 13.0 Å². The van der Waals surface area contributed by atoms with E-state index in [1.165, 1.54) is 18.9 Å². The van der Waals surface area contributed by atoms with Crippen LogP contribution in [0.4, 0.5) is 0 Å². The quantitative estimate of drug-likeness (QED) is 0.747. The van der Waals surface area contributed by atoms with Crippen LogP contribution in [0.2, 0.25) is 0 Å². The van der Waals surface area contributed by atoms with Crippen LogP contribution in [-0.2, 0) is 10.0 Å². The van der Waals surface area contributed by atoms with E-state index in [1.807, 2.05) is 0 Å². The van der Waals surface area contributed by atoms with Gasteiger partial charge in [-0.25, -0.2) is 18.1 Å². The van der Waals surface area contributed by atoms with Crippen LogP contribution in [0.5, 0.6) is 0 Å². The molecule has 1 fully saturated rings. The van der Waals surface area contributed by atoms with Crippen molar-refractivity contribution in [3.63, 3.8) is 0 Å². The summed E-state index contributed by atoms with van der Waals surface area (Å²) < 4.78 is 36.2. The van der Waals surface area contributed by atoms with E-state index < -0.39 is 10.0 Å². The van der Waals surface area contributed by atoms with E-state index in [2.05, 4.69) is 40.5 Å². The Balaban J connectivity index is 1.42. The fourth-order valence-corrected chi connectivity index (χ4v) is 5.42. The van der Waals surface area contributed by atoms with Gasteiger partial charge in [-0.15, -0.1) is 0 Å². The lowest BCUT2D eigenvalue weighted by Crippen LogP contribution is -2.52. The lowest BCUT2D eigenvalue weighted by Gasteiger charge is -2.32. The maximum atomic E-state index is 12.7. The van der Waals surface area contributed by atoms with E-state index in [-0.39, 0.29) is 10.9 Å². The Kier molecular flexibility index (Phi) is 5.26. The van der Waals surface area contributed by atoms with Gasteiger partial charge in [-0.3, -0.25) is 9.80 Å². The first-order valence-corrected chi connectivity index (χ1v) is 11.3. The summed E-state index contributed by atoms with van der Waals surface area (Å²) in [6, 6.07) is 5.49. The van der Waals surface area contributed by atoms with Crippen LogP contribution in [0, 0.1) is 0 Å². The Morgan fingerprint density at radius 3 is 3.04 bits per heavy atom. The molecule has 2 aliphatic rings. The van der Waals surface area contributed by atoms with Gasteiger partial charge in [0.15, 0.2) is 0 Å². The number of hydrogen-bond donors (Lipinski definition) is 2. The number of aromatic nitrogens is 2. The normalized spacial score (nSPS) is 22.0. The number of benzene rings is 1. The van der Waals surface area contributed by atoms with E-state index >= 15 is 0 Å². The molecule has 27 heavy (non-hydrogen) atoms. The Morgan fingerprint density at radius 1 is 1.37 bits per heavy atom. The van der Waals surface area contributed by atoms with Crippen LogP contribution >= 0.6 is 11.7 Å². The zero-order valence-electron chi connectivity index (χ0n) is 15.1. The minimum atomic E-state index is -3.77. The SMILES string of the molecule is CCN1CCC[C@@H]1CN1CN=C(NS(=O)(=O)c2cccc3nsnc23)NC1. The molecular formula is C16H23N7O2S2. The Labute approximate surface area is 162 Å². The van der Waals surface area contributed by atoms with Gasteiger partial charge in [0.1, 0.15) is 15.9 Å². The fourth-order valence-electron chi connectivity index (χ4n) is 3.65. The summed E-state index contributed by atoms with van der Waals surface area (Å²) >= 11 is 0.998. The standard InChI is InChI=1S/C16H23N7O2S2/c1-2-23-8-4-5-12(23)9-22-10-17-16(18-11-22)21-27(24,25)14-7-3-6-13-15(14)20-26-19-13/h3,6-7,12H,2,4-5,8-11H2,1H3,(H2,17,18,21)/t12-/m1/s1. The molecule has 0 bridgehead atoms. The number of fused-ring (bicyclic) bond motifs is 1. The fraction of sp³-hybridized carbons (Fsp3) is 0.562. The highest BCUT2D eigenvalue weighted by Crippen LogP contribution is 2.21. The summed E-state index contributed by atoms with van der Waals surface area (Å²) in [4.78, 5) is 9.17. The molecule has 1 saturated heterocycles. The highest BCUT2D eigenvalue weighted by Gasteiger charge is 2.27. The number of rotatable bonds is 5. The van der Waals surface area contributed by atoms with Gasteiger partial charge in [-0.05, 0) is 38.1 Å². The second kappa shape index (κ2) is 7.66. The number of nitrogens with zero attached hydrogens (tertiary/aromatic N) is 5. The number of aliphatic imine (C=N–C) groups is 1. The van der Waals surface area contributed by atoms with Gasteiger partial charge < -0.3 is 5.32 Å². The molecule has 0 radical (unpaired) electrons. The number of guanidine groups is 1. The molecule has 4 rings (SSSR count). The van der Waals surface area contributed by atoms with Crippen molar-refractivity contribution in [2.75, 3.05) is 33.0 Å². The second-order valence-electron chi connectivity index (χ2n) is 6.75. The van der Waals surface area contributed by atoms with E-state index in [1.54, 1.807) is 12.1 Å². The summed E-state index contributed by atoms with van der Waals surface area (Å²) in [6.45, 7) is 6.40. The van der Waals surface area contributed by atoms with Crippen LogP contribution in [0.1, 0.15) is 19.8 Å². The molecule has 0 spiro atoms. The monoisotopic (exact) mass is 409 g/mol. The van der Waals surface area contributed by atoms with E-state index in [9.17, 15) is 8.42 Å². The average molecular weight is 410 g/mol. The number of likely N-dealkylation sites (N-methyl/N-ethyl adjacent to an activating group) is 1. The van der Waals surface area contributed by atoms with Crippen molar-refractivity contribution in [2.45, 2.75) is 30.7 Å². The third-order valence-electron chi connectivity index (χ3n) is 5.04. The van der Waals surface area contributed by atoms with E-state index in [0.29, 0.717) is 30.4 Å². The molecule has 11 heteroatoms. The molecule has 2 N–H and O–H groups in total. The first kappa shape index (κ1) is 18.5. The van der Waals surface area contributed by atoms with Crippen molar-refractivity contribution in [3.8, 4) is 0 Å². The van der Waals surface area contributed by atoms with Crippen LogP contribution < -0.4 is 10.0 Å². The van der Waals surface area contributed by atoms with Crippen molar-refractivity contribution in [1.82, 2.24) is 28.6 Å². The molecule has 1 atom stereocenters. The van der Waals surface area contributed by atoms with Crippen molar-refractivity contribution in [2.24, 2.45) is 4.99 Å². The highest BCUT2D eigenvalue weighted by atomic mass is 32.2. The summed E-state index contributed by atoms with van der Waals surface area (Å²) in [5, 5.41) is 3.08. The average Bonchev–Trinajstić information content (AvgIpc) is 3.31. The summed E-state index contributed by atoms with van der Waals surface area (Å²) in [7, 11) is -3.77. The van der Waals surface area contributed by atoms with Crippen LogP contribution in [0.3, 0.4) is 0 Å². The van der Waals surface area contributed by atoms with Gasteiger partial charge in [-0.2, -0.15) is 8.75 Å². The predicted octanol–water partition coefficient (Wildman–Crippen LogP) is 0.630. The zero-order valence-corrected chi connectivity index (χ0v) is 16.8. The van der Waals surface area contributed by atoms with Crippen molar-refractivity contribution < 1.29 is 8.42 Å². The topological polar surface area (TPSA) is 103 Å². The van der Waals surface area contributed by atoms with E-state index in [4.69, 9.17) is 0 Å². The molecule has 1 aromatic carbocycles. The molecule has 2 aromatic rings. The molecule has 2 aliphatic heterocycles. The number of hydrogen-bond acceptors (Lipinski definition) is 9. The third-order valence-corrected chi connectivity index (χ3v) is 6.96. The van der Waals surface area contributed by atoms with Gasteiger partial charge >= 0.3 is 0 Å². The Bertz CT molecular complexity index is 943. The van der Waals surface area contributed by atoms with Crippen LogP contribution in [0.25, 0.3) is 11.0 Å². The van der Waals surface area contributed by atoms with Crippen molar-refractivity contribution in [1.29, 1.82) is 0 Å². The summed E-state index contributed by atoms with van der Waals surface area (Å²) in [5.41, 5.74) is 0.957. The Hall–Kier alpha value is -1.82. The largest absolute Gasteiger partial charge is 0.343 e. The molecule has 9 nitrogen and oxygen atoms in total. The van der Waals surface area contributed by atoms with Gasteiger partial charge in [0.2, 0.25) is 5.96 Å². The minimum Gasteiger partial charge on any atom is -0.343 e. The number of nitrogens with one attached hydrogen (secondary N) is 2. The number of likely N-dealkylation sites (tertiary alicyclic amines) is 1. The maximum absolute atomic E-state index is 12.7. The van der Waals surface area contributed by atoms with Crippen LogP contribution in [-0.4, -0.2) is 71.9 Å². The third kappa shape index (κ3) is 3.91. The summed E-state index contributed by atoms with van der Waals surface area (Å²) in [6.07, 6.45) is 2.45. The van der Waals surface area contributed by atoms with Crippen molar-refractivity contribution >= 4 is 38.7 Å². The lowest BCUT2D eigenvalue weighted by atomic mass is 10.2.